The molecule has 1 aliphatic rings. The minimum atomic E-state index is -0.351. The van der Waals surface area contributed by atoms with Gasteiger partial charge in [0, 0.05) is 30.9 Å². The second-order valence-electron chi connectivity index (χ2n) is 14.3. The van der Waals surface area contributed by atoms with E-state index in [1.165, 1.54) is 5.56 Å². The van der Waals surface area contributed by atoms with E-state index >= 15 is 0 Å². The number of nitro groups is 2. The Bertz CT molecular complexity index is 1940. The second kappa shape index (κ2) is 20.2. The van der Waals surface area contributed by atoms with Gasteiger partial charge in [0.2, 0.25) is 0 Å². The summed E-state index contributed by atoms with van der Waals surface area (Å²) in [6.45, 7) is 15.3. The fourth-order valence-electron chi connectivity index (χ4n) is 6.95. The normalized spacial score (nSPS) is 14.6. The maximum atomic E-state index is 12.4. The average molecular weight is 776 g/mol. The van der Waals surface area contributed by atoms with E-state index in [0.717, 1.165) is 39.4 Å². The molecule has 0 amide bonds. The Kier molecular flexibility index (Phi) is 15.4. The highest BCUT2D eigenvalue weighted by molar-refractivity contribution is 5.66. The van der Waals surface area contributed by atoms with E-state index in [0.29, 0.717) is 37.3 Å². The molecule has 1 heterocycles. The average Bonchev–Trinajstić information content (AvgIpc) is 3.69. The number of anilines is 3. The third kappa shape index (κ3) is 10.8. The van der Waals surface area contributed by atoms with E-state index in [2.05, 4.69) is 60.6 Å². The lowest BCUT2D eigenvalue weighted by Gasteiger charge is -2.34. The summed E-state index contributed by atoms with van der Waals surface area (Å²) in [5, 5.41) is 31.3. The summed E-state index contributed by atoms with van der Waals surface area (Å²) in [5.74, 6) is 1.48. The Morgan fingerprint density at radius 3 is 1.33 bits per heavy atom. The van der Waals surface area contributed by atoms with Crippen molar-refractivity contribution in [3.05, 3.63) is 157 Å². The van der Waals surface area contributed by atoms with E-state index < -0.39 is 0 Å². The van der Waals surface area contributed by atoms with Crippen molar-refractivity contribution in [2.45, 2.75) is 91.9 Å². The summed E-state index contributed by atoms with van der Waals surface area (Å²) in [6.07, 6.45) is 1.40. The van der Waals surface area contributed by atoms with Gasteiger partial charge >= 0.3 is 0 Å². The van der Waals surface area contributed by atoms with Gasteiger partial charge in [-0.2, -0.15) is 0 Å². The topological polar surface area (TPSA) is 132 Å². The Morgan fingerprint density at radius 2 is 1.00 bits per heavy atom. The first kappa shape index (κ1) is 43.6. The number of rotatable bonds is 13. The largest absolute Gasteiger partial charge is 0.497 e. The molecule has 5 aromatic carbocycles. The van der Waals surface area contributed by atoms with Crippen LogP contribution in [0.2, 0.25) is 0 Å². The molecule has 6 rings (SSSR count). The van der Waals surface area contributed by atoms with Gasteiger partial charge in [-0.1, -0.05) is 97.0 Å². The predicted octanol–water partition coefficient (Wildman–Crippen LogP) is 12.2. The van der Waals surface area contributed by atoms with Gasteiger partial charge in [-0.05, 0) is 94.6 Å². The van der Waals surface area contributed by atoms with E-state index in [-0.39, 0.29) is 38.7 Å². The number of ether oxygens (including phenoxy) is 2. The molecule has 2 N–H and O–H groups in total. The van der Waals surface area contributed by atoms with E-state index in [9.17, 15) is 20.2 Å². The SMILES string of the molecule is CC.CC.COc1ccc(CNc2ccc(C3CCC(c4ccc(NCc5ccc(OC)cc5)c([N+](=O)[O-])c4)N3c3ccc(C(C)(C)C)cc3)cc2[N+](=O)[O-])cc1. The van der Waals surface area contributed by atoms with E-state index in [1.54, 1.807) is 38.5 Å². The molecule has 1 saturated heterocycles. The van der Waals surface area contributed by atoms with Gasteiger partial charge in [-0.25, -0.2) is 0 Å². The molecule has 11 nitrogen and oxygen atoms in total. The predicted molar refractivity (Wildman–Crippen MR) is 232 cm³/mol. The highest BCUT2D eigenvalue weighted by atomic mass is 16.6. The van der Waals surface area contributed by atoms with Crippen molar-refractivity contribution in [3.63, 3.8) is 0 Å². The van der Waals surface area contributed by atoms with Crippen LogP contribution in [0.5, 0.6) is 11.5 Å². The first-order valence-electron chi connectivity index (χ1n) is 19.6. The number of nitrogens with one attached hydrogen (secondary N) is 2. The molecular formula is C46H57N5O6. The summed E-state index contributed by atoms with van der Waals surface area (Å²) in [5.41, 5.74) is 6.45. The zero-order chi connectivity index (χ0) is 41.7. The van der Waals surface area contributed by atoms with Crippen LogP contribution in [0.15, 0.2) is 109 Å². The van der Waals surface area contributed by atoms with Crippen LogP contribution in [0.25, 0.3) is 0 Å². The molecule has 0 saturated carbocycles. The monoisotopic (exact) mass is 775 g/mol. The van der Waals surface area contributed by atoms with Crippen LogP contribution in [0, 0.1) is 20.2 Å². The molecule has 5 aromatic rings. The zero-order valence-corrected chi connectivity index (χ0v) is 34.7. The third-order valence-corrected chi connectivity index (χ3v) is 9.91. The van der Waals surface area contributed by atoms with Gasteiger partial charge in [0.05, 0.1) is 36.1 Å². The number of methoxy groups -OCH3 is 2. The smallest absolute Gasteiger partial charge is 0.292 e. The highest BCUT2D eigenvalue weighted by Crippen LogP contribution is 2.49. The Balaban J connectivity index is 0.00000174. The van der Waals surface area contributed by atoms with Crippen LogP contribution in [-0.2, 0) is 18.5 Å². The Morgan fingerprint density at radius 1 is 0.614 bits per heavy atom. The van der Waals surface area contributed by atoms with E-state index in [4.69, 9.17) is 9.47 Å². The first-order chi connectivity index (χ1) is 27.4. The molecule has 0 radical (unpaired) electrons. The summed E-state index contributed by atoms with van der Waals surface area (Å²) in [4.78, 5) is 26.4. The van der Waals surface area contributed by atoms with Gasteiger partial charge in [-0.3, -0.25) is 20.2 Å². The summed E-state index contributed by atoms with van der Waals surface area (Å²) in [7, 11) is 3.21. The van der Waals surface area contributed by atoms with Crippen LogP contribution < -0.4 is 25.0 Å². The molecular weight excluding hydrogens is 719 g/mol. The number of nitrogens with zero attached hydrogens (tertiary/aromatic N) is 3. The van der Waals surface area contributed by atoms with Gasteiger partial charge in [-0.15, -0.1) is 0 Å². The van der Waals surface area contributed by atoms with Crippen molar-refractivity contribution in [3.8, 4) is 11.5 Å². The maximum absolute atomic E-state index is 12.4. The molecule has 302 valence electrons. The molecule has 0 aliphatic carbocycles. The minimum absolute atomic E-state index is 0.00887. The van der Waals surface area contributed by atoms with Crippen molar-refractivity contribution in [2.24, 2.45) is 0 Å². The highest BCUT2D eigenvalue weighted by Gasteiger charge is 2.37. The molecule has 2 unspecified atom stereocenters. The van der Waals surface area contributed by atoms with Crippen molar-refractivity contribution < 1.29 is 19.3 Å². The minimum Gasteiger partial charge on any atom is -0.497 e. The van der Waals surface area contributed by atoms with Crippen LogP contribution in [0.1, 0.15) is 101 Å². The Hall–Kier alpha value is -6.10. The fourth-order valence-corrected chi connectivity index (χ4v) is 6.95. The van der Waals surface area contributed by atoms with E-state index in [1.807, 2.05) is 88.4 Å². The number of hydrogen-bond acceptors (Lipinski definition) is 9. The first-order valence-corrected chi connectivity index (χ1v) is 19.6. The van der Waals surface area contributed by atoms with Crippen LogP contribution in [-0.4, -0.2) is 24.1 Å². The van der Waals surface area contributed by atoms with Crippen LogP contribution in [0.4, 0.5) is 28.4 Å². The van der Waals surface area contributed by atoms with Gasteiger partial charge in [0.25, 0.3) is 11.4 Å². The Labute approximate surface area is 337 Å². The third-order valence-electron chi connectivity index (χ3n) is 9.91. The van der Waals surface area contributed by atoms with Crippen molar-refractivity contribution in [1.82, 2.24) is 0 Å². The van der Waals surface area contributed by atoms with Crippen molar-refractivity contribution >= 4 is 28.4 Å². The second-order valence-corrected chi connectivity index (χ2v) is 14.3. The molecule has 0 aromatic heterocycles. The summed E-state index contributed by atoms with van der Waals surface area (Å²) >= 11 is 0. The number of benzene rings is 5. The molecule has 0 bridgehead atoms. The number of hydrogen-bond donors (Lipinski definition) is 2. The molecule has 11 heteroatoms. The lowest BCUT2D eigenvalue weighted by molar-refractivity contribution is -0.384. The van der Waals surface area contributed by atoms with Crippen molar-refractivity contribution in [1.29, 1.82) is 0 Å². The molecule has 2 atom stereocenters. The van der Waals surface area contributed by atoms with Gasteiger partial charge in [0.15, 0.2) is 0 Å². The van der Waals surface area contributed by atoms with Crippen LogP contribution >= 0.6 is 0 Å². The van der Waals surface area contributed by atoms with Crippen LogP contribution in [0.3, 0.4) is 0 Å². The van der Waals surface area contributed by atoms with Gasteiger partial charge < -0.3 is 25.0 Å². The lowest BCUT2D eigenvalue weighted by atomic mass is 9.87. The summed E-state index contributed by atoms with van der Waals surface area (Å²) in [6, 6.07) is 33.9. The molecule has 57 heavy (non-hydrogen) atoms. The van der Waals surface area contributed by atoms with Crippen molar-refractivity contribution in [2.75, 3.05) is 29.8 Å². The quantitative estimate of drug-likeness (QED) is 0.0885. The molecule has 0 spiro atoms. The zero-order valence-electron chi connectivity index (χ0n) is 34.7. The molecule has 1 fully saturated rings. The molecule has 1 aliphatic heterocycles. The fraction of sp³-hybridized carbons (Fsp3) is 0.348. The van der Waals surface area contributed by atoms with Gasteiger partial charge in [0.1, 0.15) is 22.9 Å². The summed E-state index contributed by atoms with van der Waals surface area (Å²) < 4.78 is 10.5. The standard InChI is InChI=1S/C42H45N5O6.2C2H6/c1-42(2,3)32-12-14-33(15-13-32)45-38(30-10-20-36(40(24-30)46(48)49)43-26-28-6-16-34(52-4)17-7-28)22-23-39(45)31-11-21-37(41(25-31)47(50)51)44-27-29-8-18-35(53-5)19-9-29;2*1-2/h6-21,24-25,38-39,43-44H,22-23,26-27H2,1-5H3;2*1-2H3. The number of nitro benzene ring substituents is 2. The maximum Gasteiger partial charge on any atom is 0.292 e. The lowest BCUT2D eigenvalue weighted by Crippen LogP contribution is -2.26.